The van der Waals surface area contributed by atoms with E-state index in [1.807, 2.05) is 19.0 Å². The molecule has 1 aromatic heterocycles. The van der Waals surface area contributed by atoms with Gasteiger partial charge in [-0.15, -0.1) is 0 Å². The Hall–Kier alpha value is -1.94. The molecule has 2 aromatic rings. The van der Waals surface area contributed by atoms with E-state index < -0.39 is 11.6 Å². The molecular weight excluding hydrogens is 267 g/mol. The predicted octanol–water partition coefficient (Wildman–Crippen LogP) is 3.17. The number of aromatic nitrogens is 1. The minimum Gasteiger partial charge on any atom is -0.363 e. The first-order chi connectivity index (χ1) is 8.99. The van der Waals surface area contributed by atoms with Gasteiger partial charge in [0.25, 0.3) is 0 Å². The van der Waals surface area contributed by atoms with Gasteiger partial charge in [-0.25, -0.2) is 9.37 Å². The lowest BCUT2D eigenvalue weighted by Gasteiger charge is -2.11. The second-order valence-electron chi connectivity index (χ2n) is 4.25. The number of carbonyl (C=O) groups excluding carboxylic acids is 1. The average molecular weight is 279 g/mol. The molecule has 0 aliphatic rings. The topological polar surface area (TPSA) is 33.2 Å². The number of rotatable bonds is 3. The van der Waals surface area contributed by atoms with Gasteiger partial charge in [0, 0.05) is 30.9 Å². The first-order valence-electron chi connectivity index (χ1n) is 5.62. The fourth-order valence-corrected chi connectivity index (χ4v) is 1.78. The molecule has 0 aliphatic carbocycles. The van der Waals surface area contributed by atoms with Crippen LogP contribution in [-0.2, 0) is 0 Å². The maximum absolute atomic E-state index is 13.6. The molecule has 2 rings (SSSR count). The van der Waals surface area contributed by atoms with Gasteiger partial charge in [0.05, 0.1) is 5.56 Å². The van der Waals surface area contributed by atoms with Crippen molar-refractivity contribution in [3.8, 4) is 0 Å². The minimum absolute atomic E-state index is 0.0492. The highest BCUT2D eigenvalue weighted by Crippen LogP contribution is 2.19. The average Bonchev–Trinajstić information content (AvgIpc) is 2.41. The third-order valence-corrected chi connectivity index (χ3v) is 2.88. The highest BCUT2D eigenvalue weighted by molar-refractivity contribution is 6.31. The van der Waals surface area contributed by atoms with Gasteiger partial charge in [0.1, 0.15) is 11.6 Å². The van der Waals surface area contributed by atoms with Crippen LogP contribution in [0.2, 0.25) is 5.02 Å². The van der Waals surface area contributed by atoms with Gasteiger partial charge in [-0.1, -0.05) is 11.6 Å². The molecule has 5 heteroatoms. The van der Waals surface area contributed by atoms with Gasteiger partial charge >= 0.3 is 0 Å². The summed E-state index contributed by atoms with van der Waals surface area (Å²) in [5, 5.41) is 0.322. The minimum atomic E-state index is -0.592. The summed E-state index contributed by atoms with van der Waals surface area (Å²) in [5.74, 6) is -0.299. The van der Waals surface area contributed by atoms with Crippen molar-refractivity contribution in [2.45, 2.75) is 0 Å². The summed E-state index contributed by atoms with van der Waals surface area (Å²) in [6.45, 7) is 0. The molecule has 0 spiro atoms. The van der Waals surface area contributed by atoms with Gasteiger partial charge in [0.15, 0.2) is 5.78 Å². The van der Waals surface area contributed by atoms with E-state index in [1.165, 1.54) is 24.4 Å². The molecular formula is C14H12ClFN2O. The number of halogens is 2. The SMILES string of the molecule is CN(C)c1ccc(C(=O)c2cc(Cl)ccc2F)cn1. The highest BCUT2D eigenvalue weighted by Gasteiger charge is 2.15. The first kappa shape index (κ1) is 13.5. The maximum Gasteiger partial charge on any atom is 0.197 e. The summed E-state index contributed by atoms with van der Waals surface area (Å²) in [5.41, 5.74) is 0.277. The fraction of sp³-hybridized carbons (Fsp3) is 0.143. The van der Waals surface area contributed by atoms with E-state index in [2.05, 4.69) is 4.98 Å². The summed E-state index contributed by atoms with van der Waals surface area (Å²) in [4.78, 5) is 18.1. The van der Waals surface area contributed by atoms with E-state index >= 15 is 0 Å². The van der Waals surface area contributed by atoms with Crippen LogP contribution in [0.4, 0.5) is 10.2 Å². The number of pyridine rings is 1. The largest absolute Gasteiger partial charge is 0.363 e. The molecule has 0 unspecified atom stereocenters. The third-order valence-electron chi connectivity index (χ3n) is 2.64. The molecule has 1 heterocycles. The Bertz CT molecular complexity index is 611. The van der Waals surface area contributed by atoms with Crippen LogP contribution in [0.5, 0.6) is 0 Å². The number of hydrogen-bond donors (Lipinski definition) is 0. The van der Waals surface area contributed by atoms with Crippen LogP contribution in [0.15, 0.2) is 36.5 Å². The lowest BCUT2D eigenvalue weighted by atomic mass is 10.0. The molecule has 0 N–H and O–H groups in total. The second kappa shape index (κ2) is 5.36. The Morgan fingerprint density at radius 3 is 2.58 bits per heavy atom. The van der Waals surface area contributed by atoms with Gasteiger partial charge < -0.3 is 4.90 Å². The van der Waals surface area contributed by atoms with Crippen LogP contribution in [0.1, 0.15) is 15.9 Å². The normalized spacial score (nSPS) is 10.3. The summed E-state index contributed by atoms with van der Waals surface area (Å²) >= 11 is 5.77. The summed E-state index contributed by atoms with van der Waals surface area (Å²) in [7, 11) is 3.70. The monoisotopic (exact) mass is 278 g/mol. The molecule has 0 fully saturated rings. The van der Waals surface area contributed by atoms with E-state index in [4.69, 9.17) is 11.6 Å². The van der Waals surface area contributed by atoms with E-state index in [9.17, 15) is 9.18 Å². The Balaban J connectivity index is 2.36. The Labute approximate surface area is 115 Å². The Morgan fingerprint density at radius 2 is 2.00 bits per heavy atom. The molecule has 0 saturated carbocycles. The molecule has 98 valence electrons. The van der Waals surface area contributed by atoms with E-state index in [-0.39, 0.29) is 5.56 Å². The van der Waals surface area contributed by atoms with Crippen molar-refractivity contribution >= 4 is 23.2 Å². The van der Waals surface area contributed by atoms with Crippen molar-refractivity contribution in [2.24, 2.45) is 0 Å². The molecule has 0 bridgehead atoms. The van der Waals surface area contributed by atoms with Crippen LogP contribution in [0, 0.1) is 5.82 Å². The van der Waals surface area contributed by atoms with Crippen LogP contribution in [-0.4, -0.2) is 24.9 Å². The molecule has 3 nitrogen and oxygen atoms in total. The summed E-state index contributed by atoms with van der Waals surface area (Å²) < 4.78 is 13.6. The van der Waals surface area contributed by atoms with Crippen LogP contribution < -0.4 is 4.90 Å². The van der Waals surface area contributed by atoms with E-state index in [0.717, 1.165) is 5.82 Å². The van der Waals surface area contributed by atoms with Crippen molar-refractivity contribution < 1.29 is 9.18 Å². The smallest absolute Gasteiger partial charge is 0.197 e. The molecule has 0 amide bonds. The standard InChI is InChI=1S/C14H12ClFN2O/c1-18(2)13-6-3-9(8-17-13)14(19)11-7-10(15)4-5-12(11)16/h3-8H,1-2H3. The summed E-state index contributed by atoms with van der Waals surface area (Å²) in [6, 6.07) is 7.22. The van der Waals surface area contributed by atoms with Gasteiger partial charge in [-0.3, -0.25) is 4.79 Å². The molecule has 0 atom stereocenters. The fourth-order valence-electron chi connectivity index (χ4n) is 1.61. The number of nitrogens with zero attached hydrogens (tertiary/aromatic N) is 2. The second-order valence-corrected chi connectivity index (χ2v) is 4.69. The molecule has 1 aromatic carbocycles. The van der Waals surface area contributed by atoms with Gasteiger partial charge in [-0.05, 0) is 30.3 Å². The number of ketones is 1. The molecule has 0 radical (unpaired) electrons. The lowest BCUT2D eigenvalue weighted by Crippen LogP contribution is -2.11. The summed E-state index contributed by atoms with van der Waals surface area (Å²) in [6.07, 6.45) is 1.43. The van der Waals surface area contributed by atoms with Gasteiger partial charge in [-0.2, -0.15) is 0 Å². The quantitative estimate of drug-likeness (QED) is 0.809. The molecule has 0 aliphatic heterocycles. The van der Waals surface area contributed by atoms with Crippen molar-refractivity contribution in [3.63, 3.8) is 0 Å². The highest BCUT2D eigenvalue weighted by atomic mass is 35.5. The lowest BCUT2D eigenvalue weighted by molar-refractivity contribution is 0.103. The van der Waals surface area contributed by atoms with Crippen molar-refractivity contribution in [2.75, 3.05) is 19.0 Å². The number of benzene rings is 1. The zero-order valence-corrected chi connectivity index (χ0v) is 11.3. The number of carbonyl (C=O) groups is 1. The Morgan fingerprint density at radius 1 is 1.26 bits per heavy atom. The van der Waals surface area contributed by atoms with Crippen molar-refractivity contribution in [3.05, 3.63) is 58.5 Å². The van der Waals surface area contributed by atoms with Crippen molar-refractivity contribution in [1.29, 1.82) is 0 Å². The number of anilines is 1. The third kappa shape index (κ3) is 2.90. The van der Waals surface area contributed by atoms with Crippen molar-refractivity contribution in [1.82, 2.24) is 4.98 Å². The van der Waals surface area contributed by atoms with E-state index in [0.29, 0.717) is 10.6 Å². The Kier molecular flexibility index (Phi) is 3.81. The maximum atomic E-state index is 13.6. The van der Waals surface area contributed by atoms with Crippen LogP contribution in [0.25, 0.3) is 0 Å². The zero-order chi connectivity index (χ0) is 14.0. The molecule has 0 saturated heterocycles. The van der Waals surface area contributed by atoms with Gasteiger partial charge in [0.2, 0.25) is 0 Å². The van der Waals surface area contributed by atoms with E-state index in [1.54, 1.807) is 12.1 Å². The number of hydrogen-bond acceptors (Lipinski definition) is 3. The van der Waals surface area contributed by atoms with Crippen LogP contribution >= 0.6 is 11.6 Å². The predicted molar refractivity (Wildman–Crippen MR) is 73.4 cm³/mol. The molecule has 19 heavy (non-hydrogen) atoms. The first-order valence-corrected chi connectivity index (χ1v) is 6.00. The zero-order valence-electron chi connectivity index (χ0n) is 10.5. The van der Waals surface area contributed by atoms with Crippen LogP contribution in [0.3, 0.4) is 0 Å².